The summed E-state index contributed by atoms with van der Waals surface area (Å²) in [5, 5.41) is 19.4. The minimum atomic E-state index is -1.23. The third-order valence-electron chi connectivity index (χ3n) is 1.67. The van der Waals surface area contributed by atoms with Crippen LogP contribution in [-0.4, -0.2) is 21.1 Å². The zero-order valence-electron chi connectivity index (χ0n) is 7.24. The maximum Gasteiger partial charge on any atom is 0.346 e. The van der Waals surface area contributed by atoms with Gasteiger partial charge in [-0.15, -0.1) is 0 Å². The molecule has 0 fully saturated rings. The Bertz CT molecular complexity index is 412. The number of hydrogen-bond donors (Lipinski definition) is 1. The van der Waals surface area contributed by atoms with Crippen molar-refractivity contribution >= 4 is 27.4 Å². The maximum absolute atomic E-state index is 13.1. The summed E-state index contributed by atoms with van der Waals surface area (Å²) in [7, 11) is 0. The normalized spacial score (nSPS) is 10.0. The van der Waals surface area contributed by atoms with Gasteiger partial charge in [0.15, 0.2) is 11.5 Å². The molecule has 80 valence electrons. The second-order valence-corrected chi connectivity index (χ2v) is 3.20. The van der Waals surface area contributed by atoms with Crippen molar-refractivity contribution in [1.82, 2.24) is 0 Å². The van der Waals surface area contributed by atoms with Crippen LogP contribution >= 0.6 is 15.9 Å². The number of nitro groups is 1. The smallest absolute Gasteiger partial charge is 0.346 e. The molecular weight excluding hydrogens is 273 g/mol. The second-order valence-electron chi connectivity index (χ2n) is 2.64. The van der Waals surface area contributed by atoms with Crippen molar-refractivity contribution in [3.8, 4) is 5.75 Å². The standard InChI is InChI=1S/C8H5BrFNO4/c9-3-7(13)4-1-5(10)8(11(14)15)6(12)2-4/h1-2,12H,3H2. The molecule has 0 aromatic heterocycles. The van der Waals surface area contributed by atoms with Crippen LogP contribution in [0, 0.1) is 15.9 Å². The van der Waals surface area contributed by atoms with E-state index >= 15 is 0 Å². The molecule has 0 saturated carbocycles. The van der Waals surface area contributed by atoms with Crippen LogP contribution in [0.5, 0.6) is 5.75 Å². The highest BCUT2D eigenvalue weighted by Crippen LogP contribution is 2.30. The Labute approximate surface area is 91.8 Å². The molecule has 0 heterocycles. The predicted molar refractivity (Wildman–Crippen MR) is 52.8 cm³/mol. The molecule has 1 N–H and O–H groups in total. The van der Waals surface area contributed by atoms with Crippen molar-refractivity contribution < 1.29 is 19.2 Å². The molecule has 0 spiro atoms. The monoisotopic (exact) mass is 277 g/mol. The lowest BCUT2D eigenvalue weighted by Gasteiger charge is -2.01. The van der Waals surface area contributed by atoms with Gasteiger partial charge in [-0.25, -0.2) is 0 Å². The van der Waals surface area contributed by atoms with Crippen molar-refractivity contribution in [2.75, 3.05) is 5.33 Å². The number of carbonyl (C=O) groups excluding carboxylic acids is 1. The van der Waals surface area contributed by atoms with Crippen LogP contribution in [0.25, 0.3) is 0 Å². The number of phenolic OH excluding ortho intramolecular Hbond substituents is 1. The number of nitrogens with zero attached hydrogens (tertiary/aromatic N) is 1. The fourth-order valence-electron chi connectivity index (χ4n) is 1.00. The van der Waals surface area contributed by atoms with E-state index in [1.54, 1.807) is 0 Å². The Hall–Kier alpha value is -1.50. The Balaban J connectivity index is 3.31. The van der Waals surface area contributed by atoms with E-state index in [-0.39, 0.29) is 10.9 Å². The molecule has 7 heteroatoms. The van der Waals surface area contributed by atoms with E-state index in [4.69, 9.17) is 5.11 Å². The summed E-state index contributed by atoms with van der Waals surface area (Å²) in [6.45, 7) is 0. The first kappa shape index (κ1) is 11.6. The molecule has 0 aliphatic heterocycles. The number of alkyl halides is 1. The molecule has 0 aliphatic rings. The van der Waals surface area contributed by atoms with Gasteiger partial charge in [0.05, 0.1) is 10.3 Å². The molecule has 1 aromatic rings. The Morgan fingerprint density at radius 3 is 2.60 bits per heavy atom. The van der Waals surface area contributed by atoms with E-state index in [9.17, 15) is 19.3 Å². The van der Waals surface area contributed by atoms with E-state index in [1.807, 2.05) is 0 Å². The van der Waals surface area contributed by atoms with E-state index < -0.39 is 28.0 Å². The lowest BCUT2D eigenvalue weighted by molar-refractivity contribution is -0.388. The van der Waals surface area contributed by atoms with E-state index in [0.29, 0.717) is 0 Å². The van der Waals surface area contributed by atoms with Gasteiger partial charge in [-0.3, -0.25) is 14.9 Å². The maximum atomic E-state index is 13.1. The van der Waals surface area contributed by atoms with Crippen LogP contribution < -0.4 is 0 Å². The topological polar surface area (TPSA) is 80.4 Å². The summed E-state index contributed by atoms with van der Waals surface area (Å²) in [5.41, 5.74) is -1.14. The van der Waals surface area contributed by atoms with Gasteiger partial charge in [0.2, 0.25) is 5.82 Å². The van der Waals surface area contributed by atoms with Crippen molar-refractivity contribution in [1.29, 1.82) is 0 Å². The van der Waals surface area contributed by atoms with Crippen LogP contribution in [0.2, 0.25) is 0 Å². The molecule has 0 aliphatic carbocycles. The highest BCUT2D eigenvalue weighted by Gasteiger charge is 2.22. The number of benzene rings is 1. The van der Waals surface area contributed by atoms with Gasteiger partial charge in [-0.2, -0.15) is 4.39 Å². The lowest BCUT2D eigenvalue weighted by Crippen LogP contribution is -2.02. The van der Waals surface area contributed by atoms with Crippen LogP contribution in [0.4, 0.5) is 10.1 Å². The molecule has 0 radical (unpaired) electrons. The average molecular weight is 278 g/mol. The van der Waals surface area contributed by atoms with Crippen molar-refractivity contribution in [3.63, 3.8) is 0 Å². The minimum absolute atomic E-state index is 0.0519. The fourth-order valence-corrected chi connectivity index (χ4v) is 1.33. The Morgan fingerprint density at radius 1 is 1.60 bits per heavy atom. The average Bonchev–Trinajstić information content (AvgIpc) is 2.14. The molecule has 0 saturated heterocycles. The van der Waals surface area contributed by atoms with Crippen LogP contribution in [0.1, 0.15) is 10.4 Å². The summed E-state index contributed by atoms with van der Waals surface area (Å²) in [5.74, 6) is -2.56. The summed E-state index contributed by atoms with van der Waals surface area (Å²) < 4.78 is 13.1. The largest absolute Gasteiger partial charge is 0.502 e. The first-order valence-electron chi connectivity index (χ1n) is 3.73. The number of rotatable bonds is 3. The van der Waals surface area contributed by atoms with Gasteiger partial charge < -0.3 is 5.11 Å². The predicted octanol–water partition coefficient (Wildman–Crippen LogP) is 2.02. The van der Waals surface area contributed by atoms with Gasteiger partial charge in [0, 0.05) is 5.56 Å². The molecule has 0 atom stereocenters. The van der Waals surface area contributed by atoms with Crippen molar-refractivity contribution in [3.05, 3.63) is 33.6 Å². The Morgan fingerprint density at radius 2 is 2.20 bits per heavy atom. The lowest BCUT2D eigenvalue weighted by atomic mass is 10.1. The number of phenols is 1. The SMILES string of the molecule is O=C(CBr)c1cc(O)c([N+](=O)[O-])c(F)c1. The molecule has 0 amide bonds. The Kier molecular flexibility index (Phi) is 3.35. The zero-order chi connectivity index (χ0) is 11.6. The van der Waals surface area contributed by atoms with Crippen LogP contribution in [0.3, 0.4) is 0 Å². The number of ketones is 1. The second kappa shape index (κ2) is 4.35. The summed E-state index contributed by atoms with van der Waals surface area (Å²) >= 11 is 2.86. The molecule has 15 heavy (non-hydrogen) atoms. The number of nitro benzene ring substituents is 1. The van der Waals surface area contributed by atoms with E-state index in [1.165, 1.54) is 0 Å². The summed E-state index contributed by atoms with van der Waals surface area (Å²) in [6.07, 6.45) is 0. The van der Waals surface area contributed by atoms with Gasteiger partial charge in [0.1, 0.15) is 0 Å². The third-order valence-corrected chi connectivity index (χ3v) is 2.18. The van der Waals surface area contributed by atoms with Gasteiger partial charge in [-0.05, 0) is 12.1 Å². The van der Waals surface area contributed by atoms with Crippen LogP contribution in [0.15, 0.2) is 12.1 Å². The molecule has 1 rings (SSSR count). The zero-order valence-corrected chi connectivity index (χ0v) is 8.82. The fraction of sp³-hybridized carbons (Fsp3) is 0.125. The summed E-state index contributed by atoms with van der Waals surface area (Å²) in [4.78, 5) is 20.4. The number of carbonyl (C=O) groups is 1. The number of hydrogen-bond acceptors (Lipinski definition) is 4. The number of halogens is 2. The van der Waals surface area contributed by atoms with Gasteiger partial charge in [-0.1, -0.05) is 15.9 Å². The van der Waals surface area contributed by atoms with Gasteiger partial charge >= 0.3 is 5.69 Å². The molecule has 5 nitrogen and oxygen atoms in total. The highest BCUT2D eigenvalue weighted by atomic mass is 79.9. The number of aromatic hydroxyl groups is 1. The van der Waals surface area contributed by atoms with E-state index in [0.717, 1.165) is 12.1 Å². The van der Waals surface area contributed by atoms with Crippen molar-refractivity contribution in [2.24, 2.45) is 0 Å². The molecule has 0 unspecified atom stereocenters. The quantitative estimate of drug-likeness (QED) is 0.397. The summed E-state index contributed by atoms with van der Waals surface area (Å²) in [6, 6.07) is 1.59. The number of Topliss-reactive ketones (excluding diaryl/α,β-unsaturated/α-hetero) is 1. The van der Waals surface area contributed by atoms with Crippen LogP contribution in [-0.2, 0) is 0 Å². The molecule has 1 aromatic carbocycles. The third kappa shape index (κ3) is 2.30. The van der Waals surface area contributed by atoms with Gasteiger partial charge in [0.25, 0.3) is 0 Å². The first-order valence-corrected chi connectivity index (χ1v) is 4.85. The minimum Gasteiger partial charge on any atom is -0.502 e. The molecular formula is C8H5BrFNO4. The van der Waals surface area contributed by atoms with Crippen molar-refractivity contribution in [2.45, 2.75) is 0 Å². The molecule has 0 bridgehead atoms. The highest BCUT2D eigenvalue weighted by molar-refractivity contribution is 9.09. The first-order chi connectivity index (χ1) is 6.97. The van der Waals surface area contributed by atoms with E-state index in [2.05, 4.69) is 15.9 Å².